The highest BCUT2D eigenvalue weighted by molar-refractivity contribution is 7.88. The van der Waals surface area contributed by atoms with Crippen LogP contribution in [0.5, 0.6) is 0 Å². The number of nitrogens with one attached hydrogen (secondary N) is 1. The van der Waals surface area contributed by atoms with E-state index in [1.165, 1.54) is 11.3 Å². The summed E-state index contributed by atoms with van der Waals surface area (Å²) >= 11 is 7.34. The van der Waals surface area contributed by atoms with Crippen molar-refractivity contribution < 1.29 is 13.5 Å². The van der Waals surface area contributed by atoms with Crippen molar-refractivity contribution in [2.45, 2.75) is 18.3 Å². The van der Waals surface area contributed by atoms with E-state index in [2.05, 4.69) is 4.72 Å². The van der Waals surface area contributed by atoms with Crippen LogP contribution in [0.1, 0.15) is 17.4 Å². The maximum atomic E-state index is 12.1. The largest absolute Gasteiger partial charge is 0.383 e. The summed E-state index contributed by atoms with van der Waals surface area (Å²) in [6, 6.07) is 10.4. The minimum absolute atomic E-state index is 0.0830. The molecule has 0 aliphatic rings. The number of benzene rings is 1. The molecule has 0 spiro atoms. The highest BCUT2D eigenvalue weighted by Crippen LogP contribution is 2.25. The van der Waals surface area contributed by atoms with Gasteiger partial charge in [-0.15, -0.1) is 11.3 Å². The Morgan fingerprint density at radius 1 is 1.29 bits per heavy atom. The second kappa shape index (κ2) is 6.46. The lowest BCUT2D eigenvalue weighted by atomic mass is 10.1. The van der Waals surface area contributed by atoms with Gasteiger partial charge in [-0.3, -0.25) is 0 Å². The van der Waals surface area contributed by atoms with Crippen molar-refractivity contribution in [3.8, 4) is 0 Å². The standard InChI is InChI=1S/C14H16ClNO3S2/c1-14(17,13-7-4-8-20-13)10-16-21(18,19)9-11-5-2-3-6-12(11)15/h2-8,16-17H,9-10H2,1H3/t14-/m0/s1. The summed E-state index contributed by atoms with van der Waals surface area (Å²) in [6.07, 6.45) is 0. The average molecular weight is 346 g/mol. The maximum absolute atomic E-state index is 12.1. The molecule has 2 aromatic rings. The van der Waals surface area contributed by atoms with Crippen molar-refractivity contribution in [3.63, 3.8) is 0 Å². The Kier molecular flexibility index (Phi) is 5.06. The molecule has 1 aromatic carbocycles. The zero-order valence-electron chi connectivity index (χ0n) is 11.4. The molecule has 1 atom stereocenters. The van der Waals surface area contributed by atoms with E-state index in [1.54, 1.807) is 37.3 Å². The van der Waals surface area contributed by atoms with Crippen molar-refractivity contribution in [2.75, 3.05) is 6.54 Å². The molecule has 0 unspecified atom stereocenters. The van der Waals surface area contributed by atoms with Crippen LogP contribution in [0.4, 0.5) is 0 Å². The summed E-state index contributed by atoms with van der Waals surface area (Å²) in [7, 11) is -3.57. The Balaban J connectivity index is 2.04. The predicted octanol–water partition coefficient (Wildman–Crippen LogP) is 2.73. The van der Waals surface area contributed by atoms with Crippen molar-refractivity contribution in [2.24, 2.45) is 0 Å². The normalized spacial score (nSPS) is 14.8. The van der Waals surface area contributed by atoms with Crippen LogP contribution >= 0.6 is 22.9 Å². The van der Waals surface area contributed by atoms with Crippen LogP contribution < -0.4 is 4.72 Å². The highest BCUT2D eigenvalue weighted by atomic mass is 35.5. The van der Waals surface area contributed by atoms with Gasteiger partial charge >= 0.3 is 0 Å². The van der Waals surface area contributed by atoms with Crippen molar-refractivity contribution in [1.82, 2.24) is 4.72 Å². The topological polar surface area (TPSA) is 66.4 Å². The van der Waals surface area contributed by atoms with Gasteiger partial charge in [-0.2, -0.15) is 0 Å². The number of hydrogen-bond donors (Lipinski definition) is 2. The molecule has 114 valence electrons. The Bertz CT molecular complexity index is 697. The second-order valence-electron chi connectivity index (χ2n) is 4.92. The Morgan fingerprint density at radius 3 is 2.62 bits per heavy atom. The molecule has 2 rings (SSSR count). The van der Waals surface area contributed by atoms with Crippen LogP contribution in [0.3, 0.4) is 0 Å². The Hall–Kier alpha value is -0.920. The van der Waals surface area contributed by atoms with Crippen molar-refractivity contribution in [1.29, 1.82) is 0 Å². The lowest BCUT2D eigenvalue weighted by Gasteiger charge is -2.22. The number of aliphatic hydroxyl groups is 1. The van der Waals surface area contributed by atoms with Gasteiger partial charge in [0.1, 0.15) is 5.60 Å². The van der Waals surface area contributed by atoms with E-state index in [0.29, 0.717) is 15.5 Å². The molecule has 0 aliphatic heterocycles. The van der Waals surface area contributed by atoms with Gasteiger partial charge in [0.05, 0.1) is 5.75 Å². The van der Waals surface area contributed by atoms with E-state index in [0.717, 1.165) is 0 Å². The van der Waals surface area contributed by atoms with E-state index < -0.39 is 15.6 Å². The third-order valence-corrected chi connectivity index (χ3v) is 5.76. The number of thiophene rings is 1. The smallest absolute Gasteiger partial charge is 0.215 e. The van der Waals surface area contributed by atoms with Crippen LogP contribution in [0.25, 0.3) is 0 Å². The molecule has 1 heterocycles. The fourth-order valence-corrected chi connectivity index (χ4v) is 4.13. The fourth-order valence-electron chi connectivity index (χ4n) is 1.79. The number of halogens is 1. The summed E-state index contributed by atoms with van der Waals surface area (Å²) in [6.45, 7) is 1.50. The molecule has 21 heavy (non-hydrogen) atoms. The first-order valence-corrected chi connectivity index (χ1v) is 9.18. The first-order valence-electron chi connectivity index (χ1n) is 6.27. The van der Waals surface area contributed by atoms with Gasteiger partial charge in [-0.25, -0.2) is 13.1 Å². The molecule has 0 aliphatic carbocycles. The van der Waals surface area contributed by atoms with E-state index in [9.17, 15) is 13.5 Å². The van der Waals surface area contributed by atoms with Gasteiger partial charge in [0.15, 0.2) is 0 Å². The van der Waals surface area contributed by atoms with Crippen molar-refractivity contribution in [3.05, 3.63) is 57.2 Å². The zero-order chi connectivity index (χ0) is 15.5. The number of rotatable bonds is 6. The molecule has 7 heteroatoms. The van der Waals surface area contributed by atoms with Crippen LogP contribution in [0.2, 0.25) is 5.02 Å². The molecular formula is C14H16ClNO3S2. The van der Waals surface area contributed by atoms with Gasteiger partial charge < -0.3 is 5.11 Å². The lowest BCUT2D eigenvalue weighted by molar-refractivity contribution is 0.0666. The van der Waals surface area contributed by atoms with Crippen molar-refractivity contribution >= 4 is 33.0 Å². The Labute approximate surface area is 133 Å². The maximum Gasteiger partial charge on any atom is 0.215 e. The predicted molar refractivity (Wildman–Crippen MR) is 86.0 cm³/mol. The first kappa shape index (κ1) is 16.5. The molecule has 4 nitrogen and oxygen atoms in total. The average Bonchev–Trinajstić information content (AvgIpc) is 2.94. The van der Waals surface area contributed by atoms with Gasteiger partial charge in [-0.05, 0) is 30.0 Å². The van der Waals surface area contributed by atoms with Gasteiger partial charge in [0, 0.05) is 16.4 Å². The lowest BCUT2D eigenvalue weighted by Crippen LogP contribution is -2.38. The summed E-state index contributed by atoms with van der Waals surface area (Å²) < 4.78 is 26.6. The monoisotopic (exact) mass is 345 g/mol. The summed E-state index contributed by atoms with van der Waals surface area (Å²) in [5, 5.41) is 12.6. The molecule has 2 N–H and O–H groups in total. The van der Waals surface area contributed by atoms with Gasteiger partial charge in [0.25, 0.3) is 0 Å². The summed E-state index contributed by atoms with van der Waals surface area (Å²) in [5.41, 5.74) is -0.704. The van der Waals surface area contributed by atoms with Crippen LogP contribution in [-0.2, 0) is 21.4 Å². The third kappa shape index (κ3) is 4.52. The quantitative estimate of drug-likeness (QED) is 0.846. The summed E-state index contributed by atoms with van der Waals surface area (Å²) in [5.74, 6) is -0.215. The first-order chi connectivity index (χ1) is 9.80. The van der Waals surface area contributed by atoms with E-state index in [-0.39, 0.29) is 12.3 Å². The van der Waals surface area contributed by atoms with Gasteiger partial charge in [-0.1, -0.05) is 35.9 Å². The third-order valence-electron chi connectivity index (χ3n) is 2.99. The molecule has 1 aromatic heterocycles. The number of hydrogen-bond acceptors (Lipinski definition) is 4. The minimum Gasteiger partial charge on any atom is -0.383 e. The fraction of sp³-hybridized carbons (Fsp3) is 0.286. The second-order valence-corrected chi connectivity index (χ2v) is 8.08. The van der Waals surface area contributed by atoms with Crippen LogP contribution in [0.15, 0.2) is 41.8 Å². The molecule has 0 saturated carbocycles. The molecule has 0 fully saturated rings. The zero-order valence-corrected chi connectivity index (χ0v) is 13.8. The van der Waals surface area contributed by atoms with Crippen LogP contribution in [0, 0.1) is 0 Å². The molecule has 0 bridgehead atoms. The molecule has 0 saturated heterocycles. The SMILES string of the molecule is C[C@](O)(CNS(=O)(=O)Cc1ccccc1Cl)c1cccs1. The minimum atomic E-state index is -3.57. The van der Waals surface area contributed by atoms with E-state index in [4.69, 9.17) is 11.6 Å². The highest BCUT2D eigenvalue weighted by Gasteiger charge is 2.26. The van der Waals surface area contributed by atoms with E-state index in [1.807, 2.05) is 11.4 Å². The van der Waals surface area contributed by atoms with Crippen LogP contribution in [-0.4, -0.2) is 20.1 Å². The Morgan fingerprint density at radius 2 is 2.00 bits per heavy atom. The molecular weight excluding hydrogens is 330 g/mol. The number of sulfonamides is 1. The van der Waals surface area contributed by atoms with Gasteiger partial charge in [0.2, 0.25) is 10.0 Å². The molecule has 0 radical (unpaired) electrons. The molecule has 0 amide bonds. The van der Waals surface area contributed by atoms with E-state index >= 15 is 0 Å². The summed E-state index contributed by atoms with van der Waals surface area (Å²) in [4.78, 5) is 0.711.